The van der Waals surface area contributed by atoms with Crippen molar-refractivity contribution in [2.45, 2.75) is 12.2 Å². The molecule has 2 unspecified atom stereocenters. The van der Waals surface area contributed by atoms with Gasteiger partial charge in [0.25, 0.3) is 0 Å². The van der Waals surface area contributed by atoms with E-state index >= 15 is 0 Å². The van der Waals surface area contributed by atoms with Gasteiger partial charge in [-0.15, -0.1) is 12.6 Å². The average molecular weight is 271 g/mol. The van der Waals surface area contributed by atoms with Crippen molar-refractivity contribution in [3.8, 4) is 0 Å². The van der Waals surface area contributed by atoms with Crippen molar-refractivity contribution in [1.82, 2.24) is 0 Å². The molecule has 2 atom stereocenters. The molecular weight excluding hydrogens is 263 g/mol. The number of aliphatic hydroxyl groups is 2. The molecule has 0 aliphatic heterocycles. The van der Waals surface area contributed by atoms with Crippen LogP contribution in [-0.4, -0.2) is 57.7 Å². The van der Waals surface area contributed by atoms with Crippen LogP contribution in [-0.2, 0) is 9.59 Å². The summed E-state index contributed by atoms with van der Waals surface area (Å²) in [5.41, 5.74) is 0. The third-order valence-electron chi connectivity index (χ3n) is 0.716. The molecule has 0 aliphatic carbocycles. The van der Waals surface area contributed by atoms with Gasteiger partial charge in [-0.05, 0) is 0 Å². The molecule has 6 heteroatoms. The Morgan fingerprint density at radius 1 is 1.50 bits per heavy atom. The first-order chi connectivity index (χ1) is 4.09. The van der Waals surface area contributed by atoms with Crippen LogP contribution in [0.4, 0.5) is 0 Å². The molecule has 0 saturated carbocycles. The second-order valence-corrected chi connectivity index (χ2v) is 1.85. The van der Waals surface area contributed by atoms with E-state index in [0.717, 1.165) is 0 Å². The van der Waals surface area contributed by atoms with Crippen LogP contribution in [0.5, 0.6) is 0 Å². The molecule has 0 aromatic rings. The SMILES string of the molecule is O=CC(O)C(O)C(=O)S.[SnH2]. The number of aldehydes is 1. The molecule has 0 heterocycles. The molecule has 2 N–H and O–H groups in total. The summed E-state index contributed by atoms with van der Waals surface area (Å²) in [7, 11) is 0. The van der Waals surface area contributed by atoms with E-state index < -0.39 is 17.3 Å². The molecule has 2 radical (unpaired) electrons. The van der Waals surface area contributed by atoms with Crippen molar-refractivity contribution in [1.29, 1.82) is 0 Å². The Kier molecular flexibility index (Phi) is 8.00. The van der Waals surface area contributed by atoms with E-state index in [2.05, 4.69) is 12.6 Å². The second-order valence-electron chi connectivity index (χ2n) is 1.41. The minimum absolute atomic E-state index is 0. The summed E-state index contributed by atoms with van der Waals surface area (Å²) >= 11 is 3.18. The van der Waals surface area contributed by atoms with Crippen molar-refractivity contribution in [2.75, 3.05) is 0 Å². The van der Waals surface area contributed by atoms with Gasteiger partial charge in [0, 0.05) is 0 Å². The van der Waals surface area contributed by atoms with Crippen LogP contribution < -0.4 is 0 Å². The maximum absolute atomic E-state index is 10.0. The Morgan fingerprint density at radius 2 is 1.90 bits per heavy atom. The van der Waals surface area contributed by atoms with Crippen molar-refractivity contribution < 1.29 is 19.8 Å². The van der Waals surface area contributed by atoms with Crippen LogP contribution in [0.1, 0.15) is 0 Å². The summed E-state index contributed by atoms with van der Waals surface area (Å²) in [4.78, 5) is 19.7. The number of aliphatic hydroxyl groups excluding tert-OH is 2. The summed E-state index contributed by atoms with van der Waals surface area (Å²) in [5.74, 6) is 0. The van der Waals surface area contributed by atoms with Gasteiger partial charge in [-0.3, -0.25) is 4.79 Å². The molecule has 0 fully saturated rings. The molecule has 58 valence electrons. The zero-order valence-electron chi connectivity index (χ0n) is 5.10. The zero-order valence-corrected chi connectivity index (χ0v) is 10.0. The van der Waals surface area contributed by atoms with Gasteiger partial charge >= 0.3 is 23.9 Å². The van der Waals surface area contributed by atoms with Gasteiger partial charge in [-0.1, -0.05) is 0 Å². The summed E-state index contributed by atoms with van der Waals surface area (Å²) in [6.45, 7) is 0. The average Bonchev–Trinajstić information content (AvgIpc) is 1.84. The van der Waals surface area contributed by atoms with Gasteiger partial charge in [0.15, 0.2) is 12.4 Å². The summed E-state index contributed by atoms with van der Waals surface area (Å²) < 4.78 is 0. The van der Waals surface area contributed by atoms with Crippen molar-refractivity contribution >= 4 is 47.9 Å². The van der Waals surface area contributed by atoms with Crippen molar-refractivity contribution in [3.63, 3.8) is 0 Å². The Hall–Kier alpha value is 0.409. The van der Waals surface area contributed by atoms with E-state index in [0.29, 0.717) is 0 Å². The first-order valence-electron chi connectivity index (χ1n) is 2.14. The van der Waals surface area contributed by atoms with Gasteiger partial charge < -0.3 is 15.0 Å². The fourth-order valence-electron chi connectivity index (χ4n) is 0.220. The standard InChI is InChI=1S/C4H6O4S.Sn.2H/c5-1-2(6)3(7)4(8)9;;;/h1-3,6-7H,(H,8,9);;;. The van der Waals surface area contributed by atoms with Crippen LogP contribution in [0.3, 0.4) is 0 Å². The Bertz CT molecular complexity index is 128. The minimum atomic E-state index is -1.70. The van der Waals surface area contributed by atoms with Gasteiger partial charge in [-0.2, -0.15) is 0 Å². The van der Waals surface area contributed by atoms with Crippen LogP contribution in [0, 0.1) is 0 Å². The number of thiol groups is 1. The Morgan fingerprint density at radius 3 is 2.00 bits per heavy atom. The number of hydrogen-bond donors (Lipinski definition) is 3. The second kappa shape index (κ2) is 6.14. The quantitative estimate of drug-likeness (QED) is 0.300. The van der Waals surface area contributed by atoms with Gasteiger partial charge in [0.1, 0.15) is 6.10 Å². The molecule has 0 aliphatic rings. The van der Waals surface area contributed by atoms with Crippen LogP contribution >= 0.6 is 12.6 Å². The first-order valence-corrected chi connectivity index (χ1v) is 2.58. The van der Waals surface area contributed by atoms with Crippen LogP contribution in [0.15, 0.2) is 0 Å². The Balaban J connectivity index is 0. The van der Waals surface area contributed by atoms with E-state index in [1.54, 1.807) is 0 Å². The third kappa shape index (κ3) is 4.26. The fourth-order valence-corrected chi connectivity index (χ4v) is 0.373. The molecule has 0 saturated heterocycles. The number of carbonyl (C=O) groups is 2. The van der Waals surface area contributed by atoms with E-state index in [9.17, 15) is 9.59 Å². The normalized spacial score (nSPS) is 14.7. The van der Waals surface area contributed by atoms with Crippen molar-refractivity contribution in [3.05, 3.63) is 0 Å². The molecule has 0 aromatic heterocycles. The van der Waals surface area contributed by atoms with Gasteiger partial charge in [-0.25, -0.2) is 0 Å². The number of hydrogen-bond acceptors (Lipinski definition) is 4. The number of carbonyl (C=O) groups excluding carboxylic acids is 2. The molecule has 0 rings (SSSR count). The summed E-state index contributed by atoms with van der Waals surface area (Å²) in [6.07, 6.45) is -3.29. The zero-order chi connectivity index (χ0) is 7.44. The first kappa shape index (κ1) is 13.0. The monoisotopic (exact) mass is 272 g/mol. The van der Waals surface area contributed by atoms with Crippen LogP contribution in [0.25, 0.3) is 0 Å². The predicted molar refractivity (Wildman–Crippen MR) is 40.6 cm³/mol. The molecule has 10 heavy (non-hydrogen) atoms. The van der Waals surface area contributed by atoms with Gasteiger partial charge in [0.05, 0.1) is 0 Å². The topological polar surface area (TPSA) is 74.6 Å². The summed E-state index contributed by atoms with van der Waals surface area (Å²) in [6, 6.07) is 0. The van der Waals surface area contributed by atoms with Gasteiger partial charge in [0.2, 0.25) is 5.12 Å². The molecule has 4 nitrogen and oxygen atoms in total. The van der Waals surface area contributed by atoms with E-state index in [1.165, 1.54) is 0 Å². The van der Waals surface area contributed by atoms with E-state index in [4.69, 9.17) is 10.2 Å². The van der Waals surface area contributed by atoms with Crippen LogP contribution in [0.2, 0.25) is 0 Å². The molecule has 0 spiro atoms. The molecular formula is C4H8O4SSn. The molecule has 0 bridgehead atoms. The molecule has 0 aromatic carbocycles. The number of rotatable bonds is 3. The Labute approximate surface area is 80.0 Å². The fraction of sp³-hybridized carbons (Fsp3) is 0.500. The molecule has 0 amide bonds. The third-order valence-corrected chi connectivity index (χ3v) is 0.980. The van der Waals surface area contributed by atoms with E-state index in [1.807, 2.05) is 0 Å². The van der Waals surface area contributed by atoms with E-state index in [-0.39, 0.29) is 30.2 Å². The van der Waals surface area contributed by atoms with Crippen molar-refractivity contribution in [2.24, 2.45) is 0 Å². The maximum atomic E-state index is 10.0. The summed E-state index contributed by atoms with van der Waals surface area (Å²) in [5, 5.41) is 16.0. The predicted octanol–water partition coefficient (Wildman–Crippen LogP) is -2.55.